The Morgan fingerprint density at radius 1 is 1.00 bits per heavy atom. The van der Waals surface area contributed by atoms with Gasteiger partial charge < -0.3 is 4.74 Å². The lowest BCUT2D eigenvalue weighted by Gasteiger charge is -2.26. The van der Waals surface area contributed by atoms with Crippen molar-refractivity contribution >= 4 is 46.7 Å². The van der Waals surface area contributed by atoms with Crippen LogP contribution in [0.25, 0.3) is 16.9 Å². The predicted octanol–water partition coefficient (Wildman–Crippen LogP) is 5.81. The minimum absolute atomic E-state index is 0.0460. The molecule has 1 aromatic heterocycles. The Hall–Kier alpha value is -2.58. The molecule has 1 N–H and O–H groups in total. The van der Waals surface area contributed by atoms with Crippen LogP contribution in [0.3, 0.4) is 0 Å². The van der Waals surface area contributed by atoms with E-state index < -0.39 is 11.9 Å². The Morgan fingerprint density at radius 2 is 1.68 bits per heavy atom. The summed E-state index contributed by atoms with van der Waals surface area (Å²) in [6.45, 7) is 3.30. The fourth-order valence-corrected chi connectivity index (χ4v) is 4.49. The number of nitrogens with zero attached hydrogens (tertiary/aromatic N) is 3. The minimum atomic E-state index is -0.660. The van der Waals surface area contributed by atoms with Gasteiger partial charge in [0.05, 0.1) is 23.0 Å². The molecule has 0 saturated carbocycles. The Morgan fingerprint density at radius 3 is 2.32 bits per heavy atom. The van der Waals surface area contributed by atoms with Crippen LogP contribution in [0.5, 0.6) is 0 Å². The molecule has 1 fully saturated rings. The van der Waals surface area contributed by atoms with Gasteiger partial charge in [0.1, 0.15) is 5.56 Å². The molecule has 34 heavy (non-hydrogen) atoms. The molecule has 1 aliphatic rings. The standard InChI is InChI=1S/C24H23Cl3N4O3/c1-2-34-24(33)20-21(23(32)29-30-12-4-3-5-13-30)28-31(19-11-10-17(26)14-18(19)27)22(20)15-6-8-16(25)9-7-15/h6-11,14H,2-5,12-13H2,1H3,(H,29,32). The van der Waals surface area contributed by atoms with Gasteiger partial charge in [-0.15, -0.1) is 0 Å². The molecule has 0 spiro atoms. The van der Waals surface area contributed by atoms with Crippen molar-refractivity contribution in [2.24, 2.45) is 0 Å². The molecule has 1 saturated heterocycles. The van der Waals surface area contributed by atoms with E-state index in [2.05, 4.69) is 10.5 Å². The Bertz CT molecular complexity index is 1200. The third kappa shape index (κ3) is 5.23. The average molecular weight is 522 g/mol. The molecule has 0 atom stereocenters. The van der Waals surface area contributed by atoms with Gasteiger partial charge in [-0.3, -0.25) is 10.2 Å². The number of carbonyl (C=O) groups is 2. The second-order valence-corrected chi connectivity index (χ2v) is 9.08. The molecule has 1 amide bonds. The molecule has 0 aliphatic carbocycles. The third-order valence-electron chi connectivity index (χ3n) is 5.45. The van der Waals surface area contributed by atoms with Gasteiger partial charge in [0.2, 0.25) is 0 Å². The van der Waals surface area contributed by atoms with Gasteiger partial charge >= 0.3 is 5.97 Å². The van der Waals surface area contributed by atoms with Crippen LogP contribution in [0, 0.1) is 0 Å². The van der Waals surface area contributed by atoms with Crippen LogP contribution in [0.2, 0.25) is 15.1 Å². The van der Waals surface area contributed by atoms with Crippen LogP contribution in [-0.4, -0.2) is 46.4 Å². The summed E-state index contributed by atoms with van der Waals surface area (Å²) in [7, 11) is 0. The zero-order valence-corrected chi connectivity index (χ0v) is 20.8. The number of aromatic nitrogens is 2. The fraction of sp³-hybridized carbons (Fsp3) is 0.292. The zero-order chi connectivity index (χ0) is 24.2. The summed E-state index contributed by atoms with van der Waals surface area (Å²) in [5.41, 5.74) is 4.31. The molecule has 1 aliphatic heterocycles. The van der Waals surface area contributed by atoms with E-state index in [0.29, 0.717) is 32.0 Å². The van der Waals surface area contributed by atoms with Gasteiger partial charge in [-0.2, -0.15) is 5.10 Å². The lowest BCUT2D eigenvalue weighted by molar-refractivity contribution is 0.0520. The van der Waals surface area contributed by atoms with Gasteiger partial charge in [0, 0.05) is 28.7 Å². The van der Waals surface area contributed by atoms with Crippen molar-refractivity contribution in [1.82, 2.24) is 20.2 Å². The van der Waals surface area contributed by atoms with Gasteiger partial charge in [-0.1, -0.05) is 53.4 Å². The normalized spacial score (nSPS) is 14.1. The van der Waals surface area contributed by atoms with Crippen molar-refractivity contribution in [1.29, 1.82) is 0 Å². The summed E-state index contributed by atoms with van der Waals surface area (Å²) in [5.74, 6) is -1.16. The summed E-state index contributed by atoms with van der Waals surface area (Å²) in [6.07, 6.45) is 3.08. The minimum Gasteiger partial charge on any atom is -0.462 e. The van der Waals surface area contributed by atoms with Crippen molar-refractivity contribution in [3.63, 3.8) is 0 Å². The molecule has 7 nitrogen and oxygen atoms in total. The largest absolute Gasteiger partial charge is 0.462 e. The monoisotopic (exact) mass is 520 g/mol. The first-order valence-electron chi connectivity index (χ1n) is 11.0. The number of rotatable bonds is 6. The van der Waals surface area contributed by atoms with Crippen molar-refractivity contribution in [3.05, 3.63) is 68.8 Å². The SMILES string of the molecule is CCOC(=O)c1c(C(=O)NN2CCCCC2)nn(-c2ccc(Cl)cc2Cl)c1-c1ccc(Cl)cc1. The first-order chi connectivity index (χ1) is 16.4. The molecule has 2 aromatic carbocycles. The highest BCUT2D eigenvalue weighted by Gasteiger charge is 2.32. The van der Waals surface area contributed by atoms with E-state index in [9.17, 15) is 9.59 Å². The maximum atomic E-state index is 13.4. The lowest BCUT2D eigenvalue weighted by atomic mass is 10.0. The number of carbonyl (C=O) groups excluding carboxylic acids is 2. The van der Waals surface area contributed by atoms with Crippen molar-refractivity contribution < 1.29 is 14.3 Å². The van der Waals surface area contributed by atoms with E-state index in [1.165, 1.54) is 4.68 Å². The highest BCUT2D eigenvalue weighted by Crippen LogP contribution is 2.34. The second-order valence-electron chi connectivity index (χ2n) is 7.80. The quantitative estimate of drug-likeness (QED) is 0.415. The van der Waals surface area contributed by atoms with Crippen molar-refractivity contribution in [2.45, 2.75) is 26.2 Å². The lowest BCUT2D eigenvalue weighted by Crippen LogP contribution is -2.45. The predicted molar refractivity (Wildman–Crippen MR) is 133 cm³/mol. The molecule has 178 valence electrons. The number of piperidine rings is 1. The molecule has 10 heteroatoms. The number of hydrogen-bond acceptors (Lipinski definition) is 5. The summed E-state index contributed by atoms with van der Waals surface area (Å²) in [4.78, 5) is 26.5. The first-order valence-corrected chi connectivity index (χ1v) is 12.1. The fourth-order valence-electron chi connectivity index (χ4n) is 3.88. The molecule has 0 unspecified atom stereocenters. The van der Waals surface area contributed by atoms with Crippen LogP contribution >= 0.6 is 34.8 Å². The Balaban J connectivity index is 1.92. The maximum absolute atomic E-state index is 13.4. The van der Waals surface area contributed by atoms with E-state index >= 15 is 0 Å². The third-order valence-corrected chi connectivity index (χ3v) is 6.24. The van der Waals surface area contributed by atoms with Gasteiger partial charge in [0.25, 0.3) is 5.91 Å². The van der Waals surface area contributed by atoms with Crippen LogP contribution in [-0.2, 0) is 4.74 Å². The van der Waals surface area contributed by atoms with Crippen LogP contribution in [0.4, 0.5) is 0 Å². The van der Waals surface area contributed by atoms with Crippen LogP contribution < -0.4 is 5.43 Å². The number of ether oxygens (including phenoxy) is 1. The van der Waals surface area contributed by atoms with Crippen LogP contribution in [0.15, 0.2) is 42.5 Å². The molecular formula is C24H23Cl3N4O3. The van der Waals surface area contributed by atoms with Crippen LogP contribution in [0.1, 0.15) is 47.0 Å². The summed E-state index contributed by atoms with van der Waals surface area (Å²) in [6, 6.07) is 11.8. The van der Waals surface area contributed by atoms with E-state index in [1.807, 2.05) is 5.01 Å². The Labute approximate surface area is 212 Å². The van der Waals surface area contributed by atoms with Crippen molar-refractivity contribution in [3.8, 4) is 16.9 Å². The molecule has 2 heterocycles. The summed E-state index contributed by atoms with van der Waals surface area (Å²) >= 11 is 18.7. The number of benzene rings is 2. The average Bonchev–Trinajstić information content (AvgIpc) is 3.21. The number of halogens is 3. The number of esters is 1. The molecule has 3 aromatic rings. The second kappa shape index (κ2) is 10.8. The number of amides is 1. The first kappa shape index (κ1) is 24.5. The topological polar surface area (TPSA) is 76.5 Å². The Kier molecular flexibility index (Phi) is 7.78. The summed E-state index contributed by atoms with van der Waals surface area (Å²) in [5, 5.41) is 7.68. The zero-order valence-electron chi connectivity index (χ0n) is 18.5. The van der Waals surface area contributed by atoms with Gasteiger partial charge in [-0.25, -0.2) is 14.5 Å². The smallest absolute Gasteiger partial charge is 0.342 e. The van der Waals surface area contributed by atoms with E-state index in [0.717, 1.165) is 32.4 Å². The summed E-state index contributed by atoms with van der Waals surface area (Å²) < 4.78 is 6.80. The maximum Gasteiger partial charge on any atom is 0.342 e. The number of hydrazine groups is 1. The molecular weight excluding hydrogens is 499 g/mol. The highest BCUT2D eigenvalue weighted by molar-refractivity contribution is 6.35. The number of nitrogens with one attached hydrogen (secondary N) is 1. The highest BCUT2D eigenvalue weighted by atomic mass is 35.5. The van der Waals surface area contributed by atoms with Crippen molar-refractivity contribution in [2.75, 3.05) is 19.7 Å². The van der Waals surface area contributed by atoms with E-state index in [1.54, 1.807) is 49.4 Å². The van der Waals surface area contributed by atoms with E-state index in [4.69, 9.17) is 39.5 Å². The molecule has 4 rings (SSSR count). The van der Waals surface area contributed by atoms with E-state index in [-0.39, 0.29) is 17.9 Å². The molecule has 0 bridgehead atoms. The van der Waals surface area contributed by atoms with Gasteiger partial charge in [0.15, 0.2) is 5.69 Å². The van der Waals surface area contributed by atoms with Gasteiger partial charge in [-0.05, 0) is 50.1 Å². The number of hydrogen-bond donors (Lipinski definition) is 1. The molecule has 0 radical (unpaired) electrons.